The van der Waals surface area contributed by atoms with Gasteiger partial charge in [-0.1, -0.05) is 117 Å². The number of nitrogens with zero attached hydrogens (tertiary/aromatic N) is 2. The van der Waals surface area contributed by atoms with Gasteiger partial charge in [-0.25, -0.2) is 4.98 Å². The zero-order valence-electron chi connectivity index (χ0n) is 21.4. The summed E-state index contributed by atoms with van der Waals surface area (Å²) in [4.78, 5) is 5.10. The van der Waals surface area contributed by atoms with Gasteiger partial charge in [-0.05, 0) is 40.5 Å². The number of hydrogen-bond acceptors (Lipinski definition) is 1. The normalized spacial score (nSPS) is 13.7. The van der Waals surface area contributed by atoms with Crippen molar-refractivity contribution in [3.05, 3.63) is 132 Å². The number of pyridine rings is 1. The lowest BCUT2D eigenvalue weighted by atomic mass is 9.81. The van der Waals surface area contributed by atoms with Crippen molar-refractivity contribution < 1.29 is 0 Å². The van der Waals surface area contributed by atoms with Crippen LogP contribution in [0, 0.1) is 0 Å². The number of aromatic nitrogens is 2. The summed E-state index contributed by atoms with van der Waals surface area (Å²) in [7, 11) is 0. The molecule has 0 saturated carbocycles. The van der Waals surface area contributed by atoms with E-state index in [0.29, 0.717) is 0 Å². The van der Waals surface area contributed by atoms with Crippen molar-refractivity contribution in [2.45, 2.75) is 19.3 Å². The van der Waals surface area contributed by atoms with Gasteiger partial charge in [-0.2, -0.15) is 0 Å². The minimum absolute atomic E-state index is 0.122. The molecular formula is C36H26N2. The van der Waals surface area contributed by atoms with Crippen LogP contribution in [0.1, 0.15) is 25.0 Å². The lowest BCUT2D eigenvalue weighted by Gasteiger charge is -2.24. The maximum absolute atomic E-state index is 5.10. The molecule has 5 aromatic carbocycles. The summed E-state index contributed by atoms with van der Waals surface area (Å²) in [5, 5.41) is 3.72. The van der Waals surface area contributed by atoms with E-state index in [4.69, 9.17) is 4.98 Å². The van der Waals surface area contributed by atoms with Crippen LogP contribution in [-0.4, -0.2) is 9.55 Å². The molecule has 0 spiro atoms. The number of hydrogen-bond donors (Lipinski definition) is 0. The quantitative estimate of drug-likeness (QED) is 0.238. The first-order valence-corrected chi connectivity index (χ1v) is 13.2. The van der Waals surface area contributed by atoms with E-state index in [2.05, 4.69) is 140 Å². The van der Waals surface area contributed by atoms with Crippen molar-refractivity contribution in [3.8, 4) is 28.1 Å². The van der Waals surface area contributed by atoms with E-state index in [0.717, 1.165) is 22.2 Å². The second-order valence-electron chi connectivity index (χ2n) is 10.8. The predicted octanol–water partition coefficient (Wildman–Crippen LogP) is 9.31. The van der Waals surface area contributed by atoms with Crippen LogP contribution in [0.2, 0.25) is 0 Å². The van der Waals surface area contributed by atoms with E-state index in [1.54, 1.807) is 0 Å². The van der Waals surface area contributed by atoms with E-state index in [1.807, 2.05) is 0 Å². The molecule has 0 fully saturated rings. The summed E-state index contributed by atoms with van der Waals surface area (Å²) in [6.45, 7) is 4.75. The van der Waals surface area contributed by atoms with Gasteiger partial charge in [0.25, 0.3) is 0 Å². The zero-order valence-corrected chi connectivity index (χ0v) is 21.4. The first-order chi connectivity index (χ1) is 18.6. The summed E-state index contributed by atoms with van der Waals surface area (Å²) in [5.41, 5.74) is 12.1. The molecule has 2 aromatic heterocycles. The molecule has 0 bridgehead atoms. The second kappa shape index (κ2) is 7.66. The second-order valence-corrected chi connectivity index (χ2v) is 10.8. The van der Waals surface area contributed by atoms with Crippen molar-refractivity contribution in [1.82, 2.24) is 9.55 Å². The van der Waals surface area contributed by atoms with Crippen LogP contribution >= 0.6 is 0 Å². The van der Waals surface area contributed by atoms with Crippen LogP contribution in [0.3, 0.4) is 0 Å². The van der Waals surface area contributed by atoms with Crippen molar-refractivity contribution >= 4 is 32.7 Å². The molecule has 2 nitrogen and oxygen atoms in total. The van der Waals surface area contributed by atoms with Crippen LogP contribution in [0.15, 0.2) is 121 Å². The molecule has 1 aliphatic rings. The van der Waals surface area contributed by atoms with E-state index >= 15 is 0 Å². The van der Waals surface area contributed by atoms with Crippen molar-refractivity contribution in [3.63, 3.8) is 0 Å². The molecule has 2 heteroatoms. The van der Waals surface area contributed by atoms with E-state index in [-0.39, 0.29) is 5.41 Å². The van der Waals surface area contributed by atoms with Gasteiger partial charge in [0.05, 0.1) is 27.9 Å². The Labute approximate surface area is 221 Å². The fourth-order valence-corrected chi connectivity index (χ4v) is 6.66. The minimum atomic E-state index is -0.122. The number of benzene rings is 5. The van der Waals surface area contributed by atoms with Gasteiger partial charge in [0.2, 0.25) is 0 Å². The highest BCUT2D eigenvalue weighted by Gasteiger charge is 2.38. The monoisotopic (exact) mass is 486 g/mol. The van der Waals surface area contributed by atoms with Crippen molar-refractivity contribution in [1.29, 1.82) is 0 Å². The van der Waals surface area contributed by atoms with E-state index in [9.17, 15) is 0 Å². The van der Waals surface area contributed by atoms with Gasteiger partial charge in [0.1, 0.15) is 0 Å². The molecule has 0 unspecified atom stereocenters. The molecule has 180 valence electrons. The van der Waals surface area contributed by atoms with Crippen LogP contribution < -0.4 is 0 Å². The van der Waals surface area contributed by atoms with Gasteiger partial charge in [-0.15, -0.1) is 0 Å². The molecule has 0 amide bonds. The van der Waals surface area contributed by atoms with Crippen molar-refractivity contribution in [2.24, 2.45) is 0 Å². The molecule has 2 heterocycles. The molecular weight excluding hydrogens is 460 g/mol. The molecule has 1 aliphatic carbocycles. The fraction of sp³-hybridized carbons (Fsp3) is 0.0833. The fourth-order valence-electron chi connectivity index (χ4n) is 6.66. The van der Waals surface area contributed by atoms with Crippen LogP contribution in [0.25, 0.3) is 60.8 Å². The summed E-state index contributed by atoms with van der Waals surface area (Å²) in [5.74, 6) is 0. The lowest BCUT2D eigenvalue weighted by Crippen LogP contribution is -2.16. The van der Waals surface area contributed by atoms with Gasteiger partial charge in [0.15, 0.2) is 0 Å². The molecule has 0 atom stereocenters. The minimum Gasteiger partial charge on any atom is -0.308 e. The predicted molar refractivity (Wildman–Crippen MR) is 159 cm³/mol. The Morgan fingerprint density at radius 1 is 0.605 bits per heavy atom. The third kappa shape index (κ3) is 2.80. The van der Waals surface area contributed by atoms with Crippen molar-refractivity contribution in [2.75, 3.05) is 0 Å². The SMILES string of the molecule is CC1(C)c2ccccc2-c2ccc3c4ccccc4n(-c4cc(-c5ccccc5)nc5ccccc45)c3c21. The maximum Gasteiger partial charge on any atom is 0.0730 e. The third-order valence-electron chi connectivity index (χ3n) is 8.36. The van der Waals surface area contributed by atoms with Gasteiger partial charge < -0.3 is 4.57 Å². The smallest absolute Gasteiger partial charge is 0.0730 e. The number of para-hydroxylation sites is 2. The van der Waals surface area contributed by atoms with Gasteiger partial charge in [-0.3, -0.25) is 0 Å². The van der Waals surface area contributed by atoms with Crippen LogP contribution in [0.5, 0.6) is 0 Å². The first-order valence-electron chi connectivity index (χ1n) is 13.2. The highest BCUT2D eigenvalue weighted by atomic mass is 15.0. The Balaban J connectivity index is 1.57. The Kier molecular flexibility index (Phi) is 4.31. The third-order valence-corrected chi connectivity index (χ3v) is 8.36. The topological polar surface area (TPSA) is 17.8 Å². The van der Waals surface area contributed by atoms with Crippen LogP contribution in [0.4, 0.5) is 0 Å². The largest absolute Gasteiger partial charge is 0.308 e. The highest BCUT2D eigenvalue weighted by Crippen LogP contribution is 2.53. The standard InChI is InChI=1S/C36H26N2/c1-36(2)29-17-9-6-14-24(29)26-20-21-27-25-15-8-11-19-32(25)38(35(27)34(26)36)33-22-31(23-12-4-3-5-13-23)37-30-18-10-7-16-28(30)33/h3-22H,1-2H3. The molecule has 7 aromatic rings. The lowest BCUT2D eigenvalue weighted by molar-refractivity contribution is 0.664. The van der Waals surface area contributed by atoms with E-state index in [1.165, 1.54) is 49.7 Å². The Morgan fingerprint density at radius 3 is 2.18 bits per heavy atom. The Morgan fingerprint density at radius 2 is 1.32 bits per heavy atom. The number of fused-ring (bicyclic) bond motifs is 8. The molecule has 0 N–H and O–H groups in total. The average Bonchev–Trinajstić information content (AvgIpc) is 3.42. The Bertz CT molecular complexity index is 2040. The van der Waals surface area contributed by atoms with E-state index < -0.39 is 0 Å². The molecule has 0 saturated heterocycles. The summed E-state index contributed by atoms with van der Waals surface area (Å²) in [6.07, 6.45) is 0. The summed E-state index contributed by atoms with van der Waals surface area (Å²) in [6, 6.07) is 43.7. The zero-order chi connectivity index (χ0) is 25.4. The molecule has 8 rings (SSSR count). The van der Waals surface area contributed by atoms with Crippen LogP contribution in [-0.2, 0) is 5.41 Å². The van der Waals surface area contributed by atoms with Gasteiger partial charge in [0, 0.05) is 27.1 Å². The molecule has 0 aliphatic heterocycles. The number of rotatable bonds is 2. The van der Waals surface area contributed by atoms with Gasteiger partial charge >= 0.3 is 0 Å². The molecule has 38 heavy (non-hydrogen) atoms. The summed E-state index contributed by atoms with van der Waals surface area (Å²) >= 11 is 0. The Hall–Kier alpha value is -4.69. The average molecular weight is 487 g/mol. The maximum atomic E-state index is 5.10. The first kappa shape index (κ1) is 21.4. The summed E-state index contributed by atoms with van der Waals surface area (Å²) < 4.78 is 2.51. The highest BCUT2D eigenvalue weighted by molar-refractivity contribution is 6.14. The molecule has 0 radical (unpaired) electrons.